The molecule has 0 saturated carbocycles. The number of rotatable bonds is 6. The van der Waals surface area contributed by atoms with Crippen LogP contribution in [0, 0.1) is 11.7 Å². The van der Waals surface area contributed by atoms with Crippen molar-refractivity contribution in [3.63, 3.8) is 0 Å². The molecule has 0 aliphatic heterocycles. The average Bonchev–Trinajstić information content (AvgIpc) is 2.83. The summed E-state index contributed by atoms with van der Waals surface area (Å²) in [4.78, 5) is 33.8. The van der Waals surface area contributed by atoms with Crippen molar-refractivity contribution in [2.45, 2.75) is 26.8 Å². The van der Waals surface area contributed by atoms with Gasteiger partial charge in [-0.15, -0.1) is 0 Å². The van der Waals surface area contributed by atoms with Crippen molar-refractivity contribution in [2.24, 2.45) is 5.92 Å². The SMILES string of the molecule is CC(C)CN(C(=O)c1ccccc1Cl)C(C)c1nc2ccccc2c(=O)n1-c1ccc(F)c(Cl)c1. The molecule has 0 spiro atoms. The molecule has 0 fully saturated rings. The molecule has 0 saturated heterocycles. The van der Waals surface area contributed by atoms with Crippen molar-refractivity contribution >= 4 is 40.0 Å². The molecule has 3 aromatic carbocycles. The summed E-state index contributed by atoms with van der Waals surface area (Å²) in [5, 5.41) is 0.622. The van der Waals surface area contributed by atoms with Gasteiger partial charge in [-0.05, 0) is 55.3 Å². The van der Waals surface area contributed by atoms with Gasteiger partial charge in [0.15, 0.2) is 0 Å². The van der Waals surface area contributed by atoms with Crippen molar-refractivity contribution in [3.05, 3.63) is 104 Å². The average molecular weight is 512 g/mol. The highest BCUT2D eigenvalue weighted by molar-refractivity contribution is 6.33. The summed E-state index contributed by atoms with van der Waals surface area (Å²) in [6.07, 6.45) is 0. The monoisotopic (exact) mass is 511 g/mol. The summed E-state index contributed by atoms with van der Waals surface area (Å²) < 4.78 is 15.3. The lowest BCUT2D eigenvalue weighted by Crippen LogP contribution is -2.39. The quantitative estimate of drug-likeness (QED) is 0.289. The summed E-state index contributed by atoms with van der Waals surface area (Å²) in [5.41, 5.74) is 0.880. The molecule has 1 atom stereocenters. The van der Waals surface area contributed by atoms with Gasteiger partial charge in [0.1, 0.15) is 11.6 Å². The Morgan fingerprint density at radius 2 is 1.69 bits per heavy atom. The fraction of sp³-hybridized carbons (Fsp3) is 0.222. The van der Waals surface area contributed by atoms with E-state index in [9.17, 15) is 14.0 Å². The van der Waals surface area contributed by atoms with Gasteiger partial charge in [0, 0.05) is 6.54 Å². The minimum Gasteiger partial charge on any atom is -0.328 e. The Balaban J connectivity index is 1.95. The number of fused-ring (bicyclic) bond motifs is 1. The van der Waals surface area contributed by atoms with Crippen LogP contribution in [0.5, 0.6) is 0 Å². The van der Waals surface area contributed by atoms with Gasteiger partial charge in [-0.1, -0.05) is 61.3 Å². The molecule has 180 valence electrons. The van der Waals surface area contributed by atoms with Crippen LogP contribution in [0.25, 0.3) is 16.6 Å². The smallest absolute Gasteiger partial charge is 0.266 e. The summed E-state index contributed by atoms with van der Waals surface area (Å²) in [5.74, 6) is -0.410. The van der Waals surface area contributed by atoms with Crippen LogP contribution in [0.1, 0.15) is 43.0 Å². The van der Waals surface area contributed by atoms with Gasteiger partial charge in [-0.25, -0.2) is 9.37 Å². The van der Waals surface area contributed by atoms with Crippen LogP contribution in [0.4, 0.5) is 4.39 Å². The molecule has 8 heteroatoms. The van der Waals surface area contributed by atoms with Crippen molar-refractivity contribution in [3.8, 4) is 5.69 Å². The first-order chi connectivity index (χ1) is 16.7. The molecular weight excluding hydrogens is 488 g/mol. The van der Waals surface area contributed by atoms with E-state index in [1.54, 1.807) is 53.4 Å². The molecular formula is C27H24Cl2FN3O2. The number of hydrogen-bond acceptors (Lipinski definition) is 3. The van der Waals surface area contributed by atoms with Crippen LogP contribution in [-0.4, -0.2) is 26.9 Å². The number of hydrogen-bond donors (Lipinski definition) is 0. The maximum atomic E-state index is 13.9. The minimum absolute atomic E-state index is 0.118. The normalized spacial score (nSPS) is 12.2. The number of halogens is 3. The van der Waals surface area contributed by atoms with Crippen LogP contribution in [0.15, 0.2) is 71.5 Å². The molecule has 4 aromatic rings. The lowest BCUT2D eigenvalue weighted by molar-refractivity contribution is 0.0655. The number of carbonyl (C=O) groups is 1. The van der Waals surface area contributed by atoms with E-state index in [2.05, 4.69) is 0 Å². The lowest BCUT2D eigenvalue weighted by Gasteiger charge is -2.32. The van der Waals surface area contributed by atoms with E-state index >= 15 is 0 Å². The van der Waals surface area contributed by atoms with Gasteiger partial charge in [-0.3, -0.25) is 14.2 Å². The minimum atomic E-state index is -0.623. The van der Waals surface area contributed by atoms with Crippen LogP contribution in [0.3, 0.4) is 0 Å². The van der Waals surface area contributed by atoms with E-state index in [-0.39, 0.29) is 22.4 Å². The number of aromatic nitrogens is 2. The summed E-state index contributed by atoms with van der Waals surface area (Å²) in [6.45, 7) is 6.22. The first-order valence-electron chi connectivity index (χ1n) is 11.2. The third-order valence-electron chi connectivity index (χ3n) is 5.73. The Labute approximate surface area is 212 Å². The number of benzene rings is 3. The third-order valence-corrected chi connectivity index (χ3v) is 6.35. The molecule has 5 nitrogen and oxygen atoms in total. The van der Waals surface area contributed by atoms with E-state index in [1.165, 1.54) is 22.8 Å². The molecule has 0 N–H and O–H groups in total. The molecule has 1 heterocycles. The van der Waals surface area contributed by atoms with E-state index in [4.69, 9.17) is 28.2 Å². The summed E-state index contributed by atoms with van der Waals surface area (Å²) in [7, 11) is 0. The molecule has 1 unspecified atom stereocenters. The van der Waals surface area contributed by atoms with E-state index in [1.807, 2.05) is 20.8 Å². The zero-order chi connectivity index (χ0) is 25.3. The van der Waals surface area contributed by atoms with E-state index in [0.29, 0.717) is 39.5 Å². The zero-order valence-electron chi connectivity index (χ0n) is 19.5. The number of amides is 1. The predicted molar refractivity (Wildman–Crippen MR) is 138 cm³/mol. The number of para-hydroxylation sites is 1. The first kappa shape index (κ1) is 24.9. The van der Waals surface area contributed by atoms with Gasteiger partial charge in [0.2, 0.25) is 0 Å². The highest BCUT2D eigenvalue weighted by Gasteiger charge is 2.29. The largest absolute Gasteiger partial charge is 0.328 e. The molecule has 1 aromatic heterocycles. The Bertz CT molecular complexity index is 1470. The predicted octanol–water partition coefficient (Wildman–Crippen LogP) is 6.69. The third kappa shape index (κ3) is 4.95. The standard InChI is InChI=1S/C27H24Cl2FN3O2/c1-16(2)15-32(26(34)19-8-4-6-10-21(19)28)17(3)25-31-24-11-7-5-9-20(24)27(35)33(25)18-12-13-23(30)22(29)14-18/h4-14,16-17H,15H2,1-3H3. The van der Waals surface area contributed by atoms with Crippen LogP contribution in [-0.2, 0) is 0 Å². The fourth-order valence-corrected chi connectivity index (χ4v) is 4.43. The second kappa shape index (κ2) is 10.2. The van der Waals surface area contributed by atoms with Crippen LogP contribution in [0.2, 0.25) is 10.0 Å². The molecule has 0 aliphatic carbocycles. The second-order valence-electron chi connectivity index (χ2n) is 8.73. The van der Waals surface area contributed by atoms with Gasteiger partial charge in [-0.2, -0.15) is 0 Å². The molecule has 0 radical (unpaired) electrons. The highest BCUT2D eigenvalue weighted by atomic mass is 35.5. The van der Waals surface area contributed by atoms with Crippen LogP contribution < -0.4 is 5.56 Å². The molecule has 0 aliphatic rings. The van der Waals surface area contributed by atoms with E-state index in [0.717, 1.165) is 0 Å². The topological polar surface area (TPSA) is 55.2 Å². The molecule has 35 heavy (non-hydrogen) atoms. The highest BCUT2D eigenvalue weighted by Crippen LogP contribution is 2.28. The molecule has 4 rings (SSSR count). The fourth-order valence-electron chi connectivity index (χ4n) is 4.04. The van der Waals surface area contributed by atoms with Gasteiger partial charge >= 0.3 is 0 Å². The van der Waals surface area contributed by atoms with Gasteiger partial charge < -0.3 is 4.90 Å². The summed E-state index contributed by atoms with van der Waals surface area (Å²) in [6, 6.07) is 17.3. The molecule has 0 bridgehead atoms. The van der Waals surface area contributed by atoms with Crippen molar-refractivity contribution in [1.82, 2.24) is 14.5 Å². The van der Waals surface area contributed by atoms with Gasteiger partial charge in [0.05, 0.1) is 38.2 Å². The number of nitrogens with zero attached hydrogens (tertiary/aromatic N) is 3. The van der Waals surface area contributed by atoms with E-state index < -0.39 is 11.9 Å². The first-order valence-corrected chi connectivity index (χ1v) is 12.0. The Morgan fingerprint density at radius 1 is 1.00 bits per heavy atom. The Kier molecular flexibility index (Phi) is 7.24. The Hall–Kier alpha value is -3.22. The lowest BCUT2D eigenvalue weighted by atomic mass is 10.1. The zero-order valence-corrected chi connectivity index (χ0v) is 21.0. The van der Waals surface area contributed by atoms with Crippen molar-refractivity contribution < 1.29 is 9.18 Å². The maximum absolute atomic E-state index is 13.9. The Morgan fingerprint density at radius 3 is 2.37 bits per heavy atom. The maximum Gasteiger partial charge on any atom is 0.266 e. The second-order valence-corrected chi connectivity index (χ2v) is 9.55. The molecule has 1 amide bonds. The van der Waals surface area contributed by atoms with Crippen LogP contribution >= 0.6 is 23.2 Å². The van der Waals surface area contributed by atoms with Crippen molar-refractivity contribution in [1.29, 1.82) is 0 Å². The van der Waals surface area contributed by atoms with Crippen molar-refractivity contribution in [2.75, 3.05) is 6.54 Å². The summed E-state index contributed by atoms with van der Waals surface area (Å²) >= 11 is 12.4. The number of carbonyl (C=O) groups excluding carboxylic acids is 1. The van der Waals surface area contributed by atoms with Gasteiger partial charge in [0.25, 0.3) is 11.5 Å².